The van der Waals surface area contributed by atoms with Gasteiger partial charge in [-0.3, -0.25) is 4.79 Å². The molecule has 104 valence electrons. The second kappa shape index (κ2) is 7.24. The minimum Gasteiger partial charge on any atom is -0.469 e. The summed E-state index contributed by atoms with van der Waals surface area (Å²) < 4.78 is 11.1. The van der Waals surface area contributed by atoms with Gasteiger partial charge in [-0.25, -0.2) is 0 Å². The number of ether oxygens (including phenoxy) is 2. The molecule has 0 amide bonds. The molecule has 19 heavy (non-hydrogen) atoms. The van der Waals surface area contributed by atoms with Crippen molar-refractivity contribution >= 4 is 28.6 Å². The molecule has 0 unspecified atom stereocenters. The highest BCUT2D eigenvalue weighted by Crippen LogP contribution is 2.31. The quantitative estimate of drug-likeness (QED) is 0.451. The van der Waals surface area contributed by atoms with Gasteiger partial charge in [-0.15, -0.1) is 0 Å². The number of halogens is 1. The van der Waals surface area contributed by atoms with Gasteiger partial charge in [0.1, 0.15) is 0 Å². The van der Waals surface area contributed by atoms with E-state index >= 15 is 0 Å². The van der Waals surface area contributed by atoms with Gasteiger partial charge >= 0.3 is 5.97 Å². The number of benzene rings is 1. The van der Waals surface area contributed by atoms with Crippen LogP contribution in [0, 0.1) is 0 Å². The zero-order valence-electron chi connectivity index (χ0n) is 11.0. The molecule has 2 rings (SSSR count). The van der Waals surface area contributed by atoms with Crippen molar-refractivity contribution in [3.63, 3.8) is 0 Å². The minimum absolute atomic E-state index is 0.0233. The lowest BCUT2D eigenvalue weighted by atomic mass is 10.0. The van der Waals surface area contributed by atoms with E-state index < -0.39 is 0 Å². The molecule has 1 aliphatic heterocycles. The molecule has 1 aliphatic rings. The van der Waals surface area contributed by atoms with Crippen LogP contribution >= 0.6 is 22.6 Å². The van der Waals surface area contributed by atoms with Crippen molar-refractivity contribution in [1.82, 2.24) is 0 Å². The van der Waals surface area contributed by atoms with Gasteiger partial charge < -0.3 is 9.47 Å². The third kappa shape index (κ3) is 4.45. The van der Waals surface area contributed by atoms with Crippen LogP contribution in [0.4, 0.5) is 0 Å². The third-order valence-corrected chi connectivity index (χ3v) is 4.75. The topological polar surface area (TPSA) is 35.5 Å². The number of esters is 1. The molecule has 1 aromatic carbocycles. The van der Waals surface area contributed by atoms with Gasteiger partial charge in [0.25, 0.3) is 0 Å². The first kappa shape index (κ1) is 14.8. The molecule has 0 bridgehead atoms. The first-order valence-electron chi connectivity index (χ1n) is 6.59. The smallest absolute Gasteiger partial charge is 0.308 e. The predicted molar refractivity (Wildman–Crippen MR) is 82.5 cm³/mol. The summed E-state index contributed by atoms with van der Waals surface area (Å²) in [5, 5.41) is 0. The lowest BCUT2D eigenvalue weighted by Crippen LogP contribution is -2.18. The minimum atomic E-state index is -0.183. The number of rotatable bonds is 5. The number of aryl methyl sites for hydroxylation is 1. The maximum Gasteiger partial charge on any atom is 0.308 e. The van der Waals surface area contributed by atoms with Crippen LogP contribution < -0.4 is 0 Å². The molecule has 1 saturated heterocycles. The van der Waals surface area contributed by atoms with Crippen molar-refractivity contribution in [3.8, 4) is 0 Å². The van der Waals surface area contributed by atoms with Crippen molar-refractivity contribution in [2.24, 2.45) is 0 Å². The van der Waals surface area contributed by atoms with Crippen molar-refractivity contribution in [2.75, 3.05) is 7.11 Å². The first-order chi connectivity index (χ1) is 9.19. The monoisotopic (exact) mass is 374 g/mol. The lowest BCUT2D eigenvalue weighted by molar-refractivity contribution is -0.143. The summed E-state index contributed by atoms with van der Waals surface area (Å²) in [7, 11) is 1.42. The van der Waals surface area contributed by atoms with Gasteiger partial charge in [0, 0.05) is 3.92 Å². The number of carbonyl (C=O) groups is 1. The molecule has 0 spiro atoms. The Labute approximate surface area is 127 Å². The Morgan fingerprint density at radius 2 is 2.16 bits per heavy atom. The lowest BCUT2D eigenvalue weighted by Gasteiger charge is -2.14. The number of methoxy groups -OCH3 is 1. The van der Waals surface area contributed by atoms with E-state index in [2.05, 4.69) is 46.9 Å². The van der Waals surface area contributed by atoms with E-state index in [1.165, 1.54) is 12.7 Å². The molecule has 0 saturated carbocycles. The highest BCUT2D eigenvalue weighted by molar-refractivity contribution is 14.1. The van der Waals surface area contributed by atoms with Gasteiger partial charge in [0.05, 0.1) is 25.7 Å². The molecule has 1 heterocycles. The number of alkyl halides is 1. The summed E-state index contributed by atoms with van der Waals surface area (Å²) in [4.78, 5) is 11.3. The maximum absolute atomic E-state index is 11.3. The Kier molecular flexibility index (Phi) is 5.63. The second-order valence-electron chi connectivity index (χ2n) is 4.85. The Bertz CT molecular complexity index is 407. The first-order valence-corrected chi connectivity index (χ1v) is 7.84. The van der Waals surface area contributed by atoms with Gasteiger partial charge in [-0.1, -0.05) is 52.9 Å². The summed E-state index contributed by atoms with van der Waals surface area (Å²) in [5.74, 6) is -0.183. The molecule has 0 aliphatic carbocycles. The molecular weight excluding hydrogens is 355 g/mol. The Morgan fingerprint density at radius 3 is 2.84 bits per heavy atom. The highest BCUT2D eigenvalue weighted by atomic mass is 127. The van der Waals surface area contributed by atoms with Crippen molar-refractivity contribution < 1.29 is 14.3 Å². The fraction of sp³-hybridized carbons (Fsp3) is 0.533. The van der Waals surface area contributed by atoms with Gasteiger partial charge in [-0.2, -0.15) is 0 Å². The molecule has 1 aromatic rings. The average molecular weight is 374 g/mol. The maximum atomic E-state index is 11.3. The summed E-state index contributed by atoms with van der Waals surface area (Å²) in [6.07, 6.45) is 3.61. The largest absolute Gasteiger partial charge is 0.469 e. The van der Waals surface area contributed by atoms with Gasteiger partial charge in [0.15, 0.2) is 0 Å². The van der Waals surface area contributed by atoms with Crippen LogP contribution in [0.25, 0.3) is 0 Å². The molecule has 0 N–H and O–H groups in total. The predicted octanol–water partition coefficient (Wildman–Crippen LogP) is 3.14. The van der Waals surface area contributed by atoms with Crippen molar-refractivity contribution in [3.05, 3.63) is 35.9 Å². The summed E-state index contributed by atoms with van der Waals surface area (Å²) in [6, 6.07) is 10.4. The van der Waals surface area contributed by atoms with Crippen LogP contribution in [-0.4, -0.2) is 29.2 Å². The zero-order chi connectivity index (χ0) is 13.7. The zero-order valence-corrected chi connectivity index (χ0v) is 13.2. The average Bonchev–Trinajstić information content (AvgIpc) is 2.77. The molecule has 0 radical (unpaired) electrons. The van der Waals surface area contributed by atoms with E-state index in [0.717, 1.165) is 19.3 Å². The Balaban J connectivity index is 1.80. The van der Waals surface area contributed by atoms with Gasteiger partial charge in [0.2, 0.25) is 0 Å². The van der Waals surface area contributed by atoms with Crippen LogP contribution in [0.3, 0.4) is 0 Å². The van der Waals surface area contributed by atoms with E-state index in [9.17, 15) is 4.79 Å². The molecule has 0 aromatic heterocycles. The van der Waals surface area contributed by atoms with Crippen LogP contribution in [0.5, 0.6) is 0 Å². The molecule has 3 nitrogen and oxygen atoms in total. The van der Waals surface area contributed by atoms with E-state index in [0.29, 0.717) is 10.3 Å². The van der Waals surface area contributed by atoms with Crippen LogP contribution in [0.2, 0.25) is 0 Å². The molecule has 1 fully saturated rings. The van der Waals surface area contributed by atoms with E-state index in [1.807, 2.05) is 6.07 Å². The Hall–Kier alpha value is -0.620. The third-order valence-electron chi connectivity index (χ3n) is 3.44. The van der Waals surface area contributed by atoms with Crippen LogP contribution in [0.1, 0.15) is 24.8 Å². The number of hydrogen-bond donors (Lipinski definition) is 0. The number of hydrogen-bond acceptors (Lipinski definition) is 3. The molecule has 4 heteroatoms. The highest BCUT2D eigenvalue weighted by Gasteiger charge is 2.34. The fourth-order valence-corrected chi connectivity index (χ4v) is 3.49. The summed E-state index contributed by atoms with van der Waals surface area (Å²) >= 11 is 2.43. The normalized spacial score (nSPS) is 26.3. The van der Waals surface area contributed by atoms with Crippen molar-refractivity contribution in [2.45, 2.75) is 41.8 Å². The SMILES string of the molecule is COC(=O)C[C@@H]1C[C@H](I)[C@@H](CCc2ccccc2)O1. The summed E-state index contributed by atoms with van der Waals surface area (Å²) in [6.45, 7) is 0. The van der Waals surface area contributed by atoms with Crippen LogP contribution in [-0.2, 0) is 20.7 Å². The fourth-order valence-electron chi connectivity index (χ4n) is 2.39. The summed E-state index contributed by atoms with van der Waals surface area (Å²) in [5.41, 5.74) is 1.34. The Morgan fingerprint density at radius 1 is 1.42 bits per heavy atom. The van der Waals surface area contributed by atoms with Gasteiger partial charge in [-0.05, 0) is 24.8 Å². The van der Waals surface area contributed by atoms with Crippen molar-refractivity contribution in [1.29, 1.82) is 0 Å². The van der Waals surface area contributed by atoms with E-state index in [4.69, 9.17) is 9.47 Å². The second-order valence-corrected chi connectivity index (χ2v) is 6.45. The van der Waals surface area contributed by atoms with E-state index in [1.54, 1.807) is 0 Å². The standard InChI is InChI=1S/C15H19IO3/c1-18-15(17)10-12-9-13(16)14(19-12)8-7-11-5-3-2-4-6-11/h2-6,12-14H,7-10H2,1H3/t12-,13-,14+/m0/s1. The number of carbonyl (C=O) groups excluding carboxylic acids is 1. The van der Waals surface area contributed by atoms with E-state index in [-0.39, 0.29) is 18.2 Å². The molecule has 3 atom stereocenters. The molecular formula is C15H19IO3. The van der Waals surface area contributed by atoms with Crippen LogP contribution in [0.15, 0.2) is 30.3 Å².